The molecule has 0 unspecified atom stereocenters. The second kappa shape index (κ2) is 7.40. The summed E-state index contributed by atoms with van der Waals surface area (Å²) in [6, 6.07) is 14.7. The van der Waals surface area contributed by atoms with Crippen LogP contribution in [-0.2, 0) is 0 Å². The largest absolute Gasteiger partial charge is 0.454 e. The van der Waals surface area contributed by atoms with Crippen molar-refractivity contribution < 1.29 is 14.3 Å². The number of amides is 1. The first-order chi connectivity index (χ1) is 13.5. The first-order valence-corrected chi connectivity index (χ1v) is 9.09. The highest BCUT2D eigenvalue weighted by molar-refractivity contribution is 6.32. The predicted octanol–water partition coefficient (Wildman–Crippen LogP) is 4.24. The molecule has 1 aromatic heterocycles. The zero-order chi connectivity index (χ0) is 19.7. The van der Waals surface area contributed by atoms with E-state index in [9.17, 15) is 4.79 Å². The lowest BCUT2D eigenvalue weighted by Gasteiger charge is -2.11. The third kappa shape index (κ3) is 3.34. The second-order valence-electron chi connectivity index (χ2n) is 6.38. The zero-order valence-corrected chi connectivity index (χ0v) is 16.2. The van der Waals surface area contributed by atoms with Gasteiger partial charge < -0.3 is 14.0 Å². The van der Waals surface area contributed by atoms with Crippen molar-refractivity contribution in [1.29, 1.82) is 0 Å². The van der Waals surface area contributed by atoms with Gasteiger partial charge in [0.15, 0.2) is 11.5 Å². The van der Waals surface area contributed by atoms with E-state index in [1.807, 2.05) is 44.2 Å². The monoisotopic (exact) mass is 395 g/mol. The lowest BCUT2D eigenvalue weighted by atomic mass is 10.2. The average Bonchev–Trinajstić information content (AvgIpc) is 3.26. The Morgan fingerprint density at radius 1 is 1.14 bits per heavy atom. The van der Waals surface area contributed by atoms with Crippen LogP contribution in [-0.4, -0.2) is 23.5 Å². The van der Waals surface area contributed by atoms with Gasteiger partial charge in [-0.25, -0.2) is 5.43 Å². The van der Waals surface area contributed by atoms with Crippen LogP contribution in [0.4, 0.5) is 0 Å². The highest BCUT2D eigenvalue weighted by atomic mass is 35.5. The Morgan fingerprint density at radius 3 is 2.75 bits per heavy atom. The Labute approximate surface area is 167 Å². The summed E-state index contributed by atoms with van der Waals surface area (Å²) < 4.78 is 12.6. The number of hydrogen-bond acceptors (Lipinski definition) is 4. The van der Waals surface area contributed by atoms with Crippen molar-refractivity contribution in [2.75, 3.05) is 6.79 Å². The molecular formula is C21H18ClN3O3. The number of nitrogens with zero attached hydrogens (tertiary/aromatic N) is 2. The molecule has 142 valence electrons. The number of aromatic nitrogens is 1. The normalized spacial score (nSPS) is 12.5. The van der Waals surface area contributed by atoms with E-state index in [0.717, 1.165) is 22.6 Å². The van der Waals surface area contributed by atoms with Gasteiger partial charge in [0.1, 0.15) is 0 Å². The molecule has 0 fully saturated rings. The molecule has 0 saturated heterocycles. The van der Waals surface area contributed by atoms with Crippen molar-refractivity contribution in [2.24, 2.45) is 5.10 Å². The van der Waals surface area contributed by atoms with Crippen LogP contribution in [0.5, 0.6) is 11.5 Å². The number of hydrogen-bond donors (Lipinski definition) is 1. The van der Waals surface area contributed by atoms with Gasteiger partial charge in [0.05, 0.1) is 16.9 Å². The minimum Gasteiger partial charge on any atom is -0.454 e. The number of halogens is 1. The van der Waals surface area contributed by atoms with Gasteiger partial charge in [-0.3, -0.25) is 4.79 Å². The van der Waals surface area contributed by atoms with Gasteiger partial charge in [0, 0.05) is 22.5 Å². The van der Waals surface area contributed by atoms with Crippen LogP contribution in [0.2, 0.25) is 5.02 Å². The standard InChI is InChI=1S/C21H18ClN3O3/c1-13-9-16(14(2)25(13)18-6-4-3-5-17(18)22)11-23-24-21(26)15-7-8-19-20(10-15)28-12-27-19/h3-11H,12H2,1-2H3,(H,24,26)/b23-11-. The SMILES string of the molecule is Cc1cc(/C=N\NC(=O)c2ccc3c(c2)OCO3)c(C)n1-c1ccccc1Cl. The van der Waals surface area contributed by atoms with E-state index in [2.05, 4.69) is 15.1 Å². The van der Waals surface area contributed by atoms with Crippen molar-refractivity contribution in [3.05, 3.63) is 76.1 Å². The molecule has 1 N–H and O–H groups in total. The molecule has 2 heterocycles. The molecule has 0 atom stereocenters. The highest BCUT2D eigenvalue weighted by Gasteiger charge is 2.16. The van der Waals surface area contributed by atoms with Crippen LogP contribution in [0, 0.1) is 13.8 Å². The minimum absolute atomic E-state index is 0.166. The summed E-state index contributed by atoms with van der Waals surface area (Å²) in [5, 5.41) is 4.77. The third-order valence-corrected chi connectivity index (χ3v) is 4.89. The number of nitrogens with one attached hydrogen (secondary N) is 1. The molecule has 1 aliphatic rings. The molecule has 0 aliphatic carbocycles. The van der Waals surface area contributed by atoms with Gasteiger partial charge in [-0.2, -0.15) is 5.10 Å². The lowest BCUT2D eigenvalue weighted by molar-refractivity contribution is 0.0954. The molecule has 0 bridgehead atoms. The van der Waals surface area contributed by atoms with Crippen molar-refractivity contribution in [3.63, 3.8) is 0 Å². The fraction of sp³-hybridized carbons (Fsp3) is 0.143. The number of carbonyl (C=O) groups excluding carboxylic acids is 1. The number of benzene rings is 2. The van der Waals surface area contributed by atoms with Crippen LogP contribution in [0.15, 0.2) is 53.6 Å². The van der Waals surface area contributed by atoms with Gasteiger partial charge in [-0.05, 0) is 50.2 Å². The molecule has 3 aromatic rings. The maximum atomic E-state index is 12.3. The molecule has 6 nitrogen and oxygen atoms in total. The fourth-order valence-corrected chi connectivity index (χ4v) is 3.41. The first-order valence-electron chi connectivity index (χ1n) is 8.71. The molecule has 0 spiro atoms. The highest BCUT2D eigenvalue weighted by Crippen LogP contribution is 2.32. The quantitative estimate of drug-likeness (QED) is 0.530. The Hall–Kier alpha value is -3.25. The van der Waals surface area contributed by atoms with Gasteiger partial charge >= 0.3 is 0 Å². The van der Waals surface area contributed by atoms with E-state index in [4.69, 9.17) is 21.1 Å². The third-order valence-electron chi connectivity index (χ3n) is 4.57. The minimum atomic E-state index is -0.325. The smallest absolute Gasteiger partial charge is 0.271 e. The van der Waals surface area contributed by atoms with Crippen LogP contribution >= 0.6 is 11.6 Å². The van der Waals surface area contributed by atoms with Crippen molar-refractivity contribution in [1.82, 2.24) is 9.99 Å². The molecule has 7 heteroatoms. The maximum absolute atomic E-state index is 12.3. The first kappa shape index (κ1) is 18.1. The summed E-state index contributed by atoms with van der Waals surface area (Å²) in [5.41, 5.74) is 6.79. The molecule has 4 rings (SSSR count). The summed E-state index contributed by atoms with van der Waals surface area (Å²) in [7, 11) is 0. The van der Waals surface area contributed by atoms with Crippen molar-refractivity contribution in [2.45, 2.75) is 13.8 Å². The zero-order valence-electron chi connectivity index (χ0n) is 15.4. The molecular weight excluding hydrogens is 378 g/mol. The van der Waals surface area contributed by atoms with Crippen LogP contribution < -0.4 is 14.9 Å². The van der Waals surface area contributed by atoms with Crippen LogP contribution in [0.1, 0.15) is 27.3 Å². The topological polar surface area (TPSA) is 64.8 Å². The Balaban J connectivity index is 1.52. The van der Waals surface area contributed by atoms with E-state index in [1.165, 1.54) is 0 Å². The summed E-state index contributed by atoms with van der Waals surface area (Å²) in [6.45, 7) is 4.15. The number of carbonyl (C=O) groups is 1. The summed E-state index contributed by atoms with van der Waals surface area (Å²) in [4.78, 5) is 12.3. The molecule has 0 radical (unpaired) electrons. The van der Waals surface area contributed by atoms with Gasteiger partial charge in [0.2, 0.25) is 6.79 Å². The van der Waals surface area contributed by atoms with Gasteiger partial charge in [0.25, 0.3) is 5.91 Å². The summed E-state index contributed by atoms with van der Waals surface area (Å²) in [5.74, 6) is 0.862. The second-order valence-corrected chi connectivity index (χ2v) is 6.79. The predicted molar refractivity (Wildman–Crippen MR) is 108 cm³/mol. The summed E-state index contributed by atoms with van der Waals surface area (Å²) >= 11 is 6.34. The Bertz CT molecular complexity index is 1090. The average molecular weight is 396 g/mol. The van der Waals surface area contributed by atoms with E-state index < -0.39 is 0 Å². The van der Waals surface area contributed by atoms with E-state index >= 15 is 0 Å². The Kier molecular flexibility index (Phi) is 4.79. The number of aryl methyl sites for hydroxylation is 1. The fourth-order valence-electron chi connectivity index (χ4n) is 3.18. The summed E-state index contributed by atoms with van der Waals surface area (Å²) in [6.07, 6.45) is 1.63. The molecule has 2 aromatic carbocycles. The number of para-hydroxylation sites is 1. The number of fused-ring (bicyclic) bond motifs is 1. The molecule has 0 saturated carbocycles. The molecule has 28 heavy (non-hydrogen) atoms. The van der Waals surface area contributed by atoms with Crippen LogP contribution in [0.25, 0.3) is 5.69 Å². The van der Waals surface area contributed by atoms with Gasteiger partial charge in [-0.15, -0.1) is 0 Å². The van der Waals surface area contributed by atoms with Crippen molar-refractivity contribution in [3.8, 4) is 17.2 Å². The van der Waals surface area contributed by atoms with Gasteiger partial charge in [-0.1, -0.05) is 23.7 Å². The van der Waals surface area contributed by atoms with E-state index in [-0.39, 0.29) is 12.7 Å². The maximum Gasteiger partial charge on any atom is 0.271 e. The Morgan fingerprint density at radius 2 is 1.93 bits per heavy atom. The lowest BCUT2D eigenvalue weighted by Crippen LogP contribution is -2.17. The number of hydrazone groups is 1. The molecule has 1 aliphatic heterocycles. The van der Waals surface area contributed by atoms with E-state index in [0.29, 0.717) is 22.1 Å². The number of rotatable bonds is 4. The van der Waals surface area contributed by atoms with Crippen molar-refractivity contribution >= 4 is 23.7 Å². The molecule has 1 amide bonds. The number of ether oxygens (including phenoxy) is 2. The van der Waals surface area contributed by atoms with Crippen LogP contribution in [0.3, 0.4) is 0 Å². The van der Waals surface area contributed by atoms with E-state index in [1.54, 1.807) is 24.4 Å².